The largest absolute Gasteiger partial charge is 0.508 e. The highest BCUT2D eigenvalue weighted by atomic mass is 35.5. The van der Waals surface area contributed by atoms with Crippen molar-refractivity contribution >= 4 is 23.2 Å². The van der Waals surface area contributed by atoms with Crippen molar-refractivity contribution < 1.29 is 19.0 Å². The normalized spacial score (nSPS) is 15.1. The molecule has 0 unspecified atom stereocenters. The fraction of sp³-hybridized carbons (Fsp3) is 0.0870. The van der Waals surface area contributed by atoms with Gasteiger partial charge in [0, 0.05) is 11.6 Å². The Morgan fingerprint density at radius 1 is 1.13 bits per heavy atom. The number of nitrogens with zero attached hydrogens (tertiary/aromatic N) is 1. The van der Waals surface area contributed by atoms with Gasteiger partial charge in [-0.25, -0.2) is 4.39 Å². The molecule has 3 aromatic rings. The topological polar surface area (TPSA) is 88.5 Å². The highest BCUT2D eigenvalue weighted by Gasteiger charge is 2.31. The number of nitrogens with two attached hydrogens (primary N) is 1. The Labute approximate surface area is 187 Å². The van der Waals surface area contributed by atoms with Crippen molar-refractivity contribution in [3.05, 3.63) is 98.6 Å². The first-order valence-electron chi connectivity index (χ1n) is 9.14. The third-order valence-corrected chi connectivity index (χ3v) is 5.39. The molecule has 0 spiro atoms. The van der Waals surface area contributed by atoms with Crippen molar-refractivity contribution in [2.24, 2.45) is 5.73 Å². The average Bonchev–Trinajstić information content (AvgIpc) is 2.72. The second-order valence-corrected chi connectivity index (χ2v) is 7.69. The van der Waals surface area contributed by atoms with Crippen molar-refractivity contribution in [2.75, 3.05) is 0 Å². The van der Waals surface area contributed by atoms with Gasteiger partial charge in [0.2, 0.25) is 5.88 Å². The van der Waals surface area contributed by atoms with E-state index in [2.05, 4.69) is 6.07 Å². The lowest BCUT2D eigenvalue weighted by Crippen LogP contribution is -2.21. The second-order valence-electron chi connectivity index (χ2n) is 6.88. The predicted octanol–water partition coefficient (Wildman–Crippen LogP) is 5.64. The van der Waals surface area contributed by atoms with Gasteiger partial charge >= 0.3 is 0 Å². The second kappa shape index (κ2) is 8.38. The number of hydrogen-bond donors (Lipinski definition) is 2. The van der Waals surface area contributed by atoms with E-state index in [1.165, 1.54) is 24.3 Å². The molecule has 3 N–H and O–H groups in total. The quantitative estimate of drug-likeness (QED) is 0.530. The third kappa shape index (κ3) is 4.11. The molecule has 0 radical (unpaired) electrons. The van der Waals surface area contributed by atoms with E-state index in [-0.39, 0.29) is 45.4 Å². The van der Waals surface area contributed by atoms with Crippen LogP contribution < -0.4 is 15.2 Å². The summed E-state index contributed by atoms with van der Waals surface area (Å²) in [5, 5.41) is 19.9. The highest BCUT2D eigenvalue weighted by Crippen LogP contribution is 2.46. The van der Waals surface area contributed by atoms with Crippen LogP contribution in [0.2, 0.25) is 10.0 Å². The Hall–Kier alpha value is -3.40. The number of nitriles is 1. The molecule has 0 aliphatic carbocycles. The Morgan fingerprint density at radius 3 is 2.55 bits per heavy atom. The van der Waals surface area contributed by atoms with Crippen molar-refractivity contribution in [1.29, 1.82) is 5.26 Å². The molecular formula is C23H15Cl2FN2O3. The summed E-state index contributed by atoms with van der Waals surface area (Å²) in [4.78, 5) is 0. The first-order valence-corrected chi connectivity index (χ1v) is 9.89. The zero-order valence-electron chi connectivity index (χ0n) is 15.9. The summed E-state index contributed by atoms with van der Waals surface area (Å²) >= 11 is 12.9. The lowest BCUT2D eigenvalue weighted by atomic mass is 9.83. The number of phenolic OH excluding ortho intramolecular Hbond substituents is 1. The number of hydrogen-bond acceptors (Lipinski definition) is 5. The Kier molecular flexibility index (Phi) is 5.64. The molecular weight excluding hydrogens is 442 g/mol. The molecule has 1 aliphatic heterocycles. The van der Waals surface area contributed by atoms with E-state index in [0.29, 0.717) is 22.4 Å². The molecule has 0 fully saturated rings. The molecule has 3 aromatic carbocycles. The number of ether oxygens (including phenoxy) is 2. The standard InChI is InChI=1S/C23H15Cl2FN2O3/c24-18-7-13(8-19(25)22(18)30-11-12-2-1-3-14(26)6-12)21-16-5-4-15(29)9-20(16)31-23(28)17(21)10-27/h1-9,21,29H,11,28H2/t21-/m0/s1. The molecule has 0 saturated heterocycles. The van der Waals surface area contributed by atoms with Crippen molar-refractivity contribution in [1.82, 2.24) is 0 Å². The van der Waals surface area contributed by atoms with Crippen LogP contribution in [0.1, 0.15) is 22.6 Å². The Bertz CT molecular complexity index is 1230. The zero-order valence-corrected chi connectivity index (χ0v) is 17.4. The Morgan fingerprint density at radius 2 is 1.87 bits per heavy atom. The number of halogens is 3. The van der Waals surface area contributed by atoms with Crippen LogP contribution in [0.25, 0.3) is 0 Å². The molecule has 0 amide bonds. The number of fused-ring (bicyclic) bond motifs is 1. The molecule has 1 atom stereocenters. The van der Waals surface area contributed by atoms with Crippen LogP contribution in [-0.4, -0.2) is 5.11 Å². The fourth-order valence-corrected chi connectivity index (χ4v) is 4.07. The van der Waals surface area contributed by atoms with Gasteiger partial charge in [0.1, 0.15) is 35.6 Å². The van der Waals surface area contributed by atoms with Gasteiger partial charge in [0.25, 0.3) is 0 Å². The summed E-state index contributed by atoms with van der Waals surface area (Å²) in [6, 6.07) is 15.9. The minimum Gasteiger partial charge on any atom is -0.508 e. The van der Waals surface area contributed by atoms with Gasteiger partial charge in [-0.05, 0) is 41.5 Å². The van der Waals surface area contributed by atoms with Crippen LogP contribution in [0.4, 0.5) is 4.39 Å². The lowest BCUT2D eigenvalue weighted by Gasteiger charge is -2.27. The van der Waals surface area contributed by atoms with E-state index < -0.39 is 5.92 Å². The number of aromatic hydroxyl groups is 1. The third-order valence-electron chi connectivity index (χ3n) is 4.83. The van der Waals surface area contributed by atoms with E-state index in [4.69, 9.17) is 38.4 Å². The maximum atomic E-state index is 13.4. The zero-order chi connectivity index (χ0) is 22.1. The monoisotopic (exact) mass is 456 g/mol. The minimum atomic E-state index is -0.596. The number of allylic oxidation sites excluding steroid dienone is 1. The van der Waals surface area contributed by atoms with Gasteiger partial charge in [0.15, 0.2) is 5.75 Å². The molecule has 0 bridgehead atoms. The molecule has 0 saturated carbocycles. The minimum absolute atomic E-state index is 0.00266. The maximum Gasteiger partial charge on any atom is 0.205 e. The fourth-order valence-electron chi connectivity index (χ4n) is 3.45. The van der Waals surface area contributed by atoms with E-state index in [1.54, 1.807) is 30.3 Å². The molecule has 1 heterocycles. The van der Waals surface area contributed by atoms with Crippen LogP contribution in [0.5, 0.6) is 17.2 Å². The summed E-state index contributed by atoms with van der Waals surface area (Å²) in [5.41, 5.74) is 7.99. The molecule has 4 rings (SSSR count). The van der Waals surface area contributed by atoms with Gasteiger partial charge in [-0.1, -0.05) is 41.4 Å². The van der Waals surface area contributed by atoms with Gasteiger partial charge in [-0.3, -0.25) is 0 Å². The van der Waals surface area contributed by atoms with Crippen LogP contribution in [-0.2, 0) is 6.61 Å². The SMILES string of the molecule is N#CC1=C(N)Oc2cc(O)ccc2[C@@H]1c1cc(Cl)c(OCc2cccc(F)c2)c(Cl)c1. The molecule has 5 nitrogen and oxygen atoms in total. The summed E-state index contributed by atoms with van der Waals surface area (Å²) in [7, 11) is 0. The Balaban J connectivity index is 1.71. The molecule has 1 aliphatic rings. The van der Waals surface area contributed by atoms with E-state index >= 15 is 0 Å². The first kappa shape index (κ1) is 20.9. The van der Waals surface area contributed by atoms with Crippen molar-refractivity contribution in [2.45, 2.75) is 12.5 Å². The van der Waals surface area contributed by atoms with Gasteiger partial charge in [0.05, 0.1) is 16.0 Å². The van der Waals surface area contributed by atoms with Gasteiger partial charge in [-0.2, -0.15) is 5.26 Å². The molecule has 156 valence electrons. The smallest absolute Gasteiger partial charge is 0.205 e. The number of benzene rings is 3. The molecule has 0 aromatic heterocycles. The van der Waals surface area contributed by atoms with Crippen molar-refractivity contribution in [3.8, 4) is 23.3 Å². The van der Waals surface area contributed by atoms with Crippen LogP contribution in [0.15, 0.2) is 66.1 Å². The average molecular weight is 457 g/mol. The highest BCUT2D eigenvalue weighted by molar-refractivity contribution is 6.37. The van der Waals surface area contributed by atoms with Crippen molar-refractivity contribution in [3.63, 3.8) is 0 Å². The number of rotatable bonds is 4. The van der Waals surface area contributed by atoms with E-state index in [9.17, 15) is 14.8 Å². The van der Waals surface area contributed by atoms with Gasteiger partial charge < -0.3 is 20.3 Å². The summed E-state index contributed by atoms with van der Waals surface area (Å²) < 4.78 is 24.6. The maximum absolute atomic E-state index is 13.4. The first-order chi connectivity index (χ1) is 14.9. The predicted molar refractivity (Wildman–Crippen MR) is 115 cm³/mol. The van der Waals surface area contributed by atoms with Gasteiger partial charge in [-0.15, -0.1) is 0 Å². The van der Waals surface area contributed by atoms with E-state index in [0.717, 1.165) is 0 Å². The van der Waals surface area contributed by atoms with Crippen LogP contribution >= 0.6 is 23.2 Å². The summed E-state index contributed by atoms with van der Waals surface area (Å²) in [6.45, 7) is 0.0756. The van der Waals surface area contributed by atoms with Crippen LogP contribution in [0.3, 0.4) is 0 Å². The molecule has 8 heteroatoms. The summed E-state index contributed by atoms with van der Waals surface area (Å²) in [5.74, 6) is -0.454. The lowest BCUT2D eigenvalue weighted by molar-refractivity contribution is 0.306. The molecule has 31 heavy (non-hydrogen) atoms. The number of phenols is 1. The van der Waals surface area contributed by atoms with Crippen LogP contribution in [0, 0.1) is 17.1 Å². The van der Waals surface area contributed by atoms with E-state index in [1.807, 2.05) is 0 Å². The summed E-state index contributed by atoms with van der Waals surface area (Å²) in [6.07, 6.45) is 0.